The van der Waals surface area contributed by atoms with Crippen LogP contribution >= 0.6 is 11.3 Å². The van der Waals surface area contributed by atoms with Gasteiger partial charge in [0.05, 0.1) is 17.8 Å². The number of nitrogens with one attached hydrogen (secondary N) is 1. The molecule has 1 saturated heterocycles. The van der Waals surface area contributed by atoms with Crippen LogP contribution in [-0.2, 0) is 11.2 Å². The SMILES string of the molecule is Cc1ccc2c(N)c(C(=O)N[C@H]3COc4cc(N5C[C@@H](N)[C@H](OC(F)(F)F)C5)ccc4C3)sc2n1. The molecule has 5 rings (SSSR count). The van der Waals surface area contributed by atoms with E-state index in [4.69, 9.17) is 16.2 Å². The van der Waals surface area contributed by atoms with Crippen LogP contribution < -0.4 is 26.4 Å². The quantitative estimate of drug-likeness (QED) is 0.497. The summed E-state index contributed by atoms with van der Waals surface area (Å²) in [5.41, 5.74) is 14.9. The second kappa shape index (κ2) is 8.85. The Kier molecular flexibility index (Phi) is 5.98. The number of ether oxygens (including phenoxy) is 2. The van der Waals surface area contributed by atoms with Crippen LogP contribution in [0.1, 0.15) is 20.9 Å². The van der Waals surface area contributed by atoms with E-state index in [9.17, 15) is 18.0 Å². The zero-order valence-electron chi connectivity index (χ0n) is 18.8. The van der Waals surface area contributed by atoms with E-state index in [-0.39, 0.29) is 31.6 Å². The predicted octanol–water partition coefficient (Wildman–Crippen LogP) is 2.97. The van der Waals surface area contributed by atoms with E-state index in [1.165, 1.54) is 11.3 Å². The first-order valence-corrected chi connectivity index (χ1v) is 11.9. The van der Waals surface area contributed by atoms with E-state index < -0.39 is 18.5 Å². The summed E-state index contributed by atoms with van der Waals surface area (Å²) in [6, 6.07) is 8.15. The number of rotatable bonds is 4. The number of nitrogen functional groups attached to an aromatic ring is 1. The molecule has 0 saturated carbocycles. The Balaban J connectivity index is 1.25. The number of nitrogens with zero attached hydrogens (tertiary/aromatic N) is 2. The molecule has 3 aromatic rings. The van der Waals surface area contributed by atoms with Gasteiger partial charge in [-0.3, -0.25) is 9.53 Å². The second-order valence-corrected chi connectivity index (χ2v) is 9.80. The molecule has 1 fully saturated rings. The molecule has 35 heavy (non-hydrogen) atoms. The number of pyridine rings is 1. The molecule has 3 atom stereocenters. The van der Waals surface area contributed by atoms with E-state index >= 15 is 0 Å². The van der Waals surface area contributed by atoms with E-state index in [0.717, 1.165) is 21.5 Å². The molecule has 186 valence electrons. The molecule has 1 aromatic carbocycles. The topological polar surface area (TPSA) is 116 Å². The van der Waals surface area contributed by atoms with E-state index in [2.05, 4.69) is 15.0 Å². The molecular formula is C23H24F3N5O3S. The Bertz CT molecular complexity index is 1280. The largest absolute Gasteiger partial charge is 0.522 e. The summed E-state index contributed by atoms with van der Waals surface area (Å²) in [6.07, 6.45) is -5.32. The number of fused-ring (bicyclic) bond motifs is 2. The van der Waals surface area contributed by atoms with Crippen LogP contribution in [0.4, 0.5) is 24.5 Å². The molecule has 4 heterocycles. The van der Waals surface area contributed by atoms with Crippen LogP contribution in [0, 0.1) is 6.92 Å². The third kappa shape index (κ3) is 4.86. The van der Waals surface area contributed by atoms with E-state index in [1.54, 1.807) is 11.0 Å². The number of halogens is 3. The molecule has 0 spiro atoms. The third-order valence-electron chi connectivity index (χ3n) is 6.19. The number of hydrogen-bond acceptors (Lipinski definition) is 8. The molecule has 2 aromatic heterocycles. The van der Waals surface area contributed by atoms with Gasteiger partial charge in [-0.1, -0.05) is 6.07 Å². The van der Waals surface area contributed by atoms with Crippen LogP contribution in [0.2, 0.25) is 0 Å². The maximum absolute atomic E-state index is 12.9. The van der Waals surface area contributed by atoms with Crippen LogP contribution in [0.15, 0.2) is 30.3 Å². The highest BCUT2D eigenvalue weighted by Crippen LogP contribution is 2.34. The van der Waals surface area contributed by atoms with Gasteiger partial charge in [0, 0.05) is 35.9 Å². The molecule has 1 amide bonds. The van der Waals surface area contributed by atoms with Crippen LogP contribution in [0.5, 0.6) is 5.75 Å². The second-order valence-electron chi connectivity index (χ2n) is 8.80. The minimum Gasteiger partial charge on any atom is -0.491 e. The van der Waals surface area contributed by atoms with Gasteiger partial charge in [-0.15, -0.1) is 24.5 Å². The third-order valence-corrected chi connectivity index (χ3v) is 7.30. The zero-order chi connectivity index (χ0) is 24.9. The number of alkyl halides is 3. The highest BCUT2D eigenvalue weighted by atomic mass is 32.1. The number of benzene rings is 1. The Morgan fingerprint density at radius 2 is 2.09 bits per heavy atom. The van der Waals surface area contributed by atoms with Gasteiger partial charge in [0.15, 0.2) is 0 Å². The van der Waals surface area contributed by atoms with Gasteiger partial charge in [0.1, 0.15) is 28.2 Å². The fourth-order valence-electron chi connectivity index (χ4n) is 4.47. The number of thiophene rings is 1. The van der Waals surface area contributed by atoms with Crippen molar-refractivity contribution in [2.75, 3.05) is 30.3 Å². The summed E-state index contributed by atoms with van der Waals surface area (Å²) in [5, 5.41) is 3.74. The Hall–Kier alpha value is -3.09. The summed E-state index contributed by atoms with van der Waals surface area (Å²) in [6.45, 7) is 2.40. The lowest BCUT2D eigenvalue weighted by Crippen LogP contribution is -2.42. The molecule has 2 aliphatic heterocycles. The molecular weight excluding hydrogens is 483 g/mol. The van der Waals surface area contributed by atoms with Crippen LogP contribution in [-0.4, -0.2) is 55.1 Å². The summed E-state index contributed by atoms with van der Waals surface area (Å²) >= 11 is 1.25. The fraction of sp³-hybridized carbons (Fsp3) is 0.391. The van der Waals surface area contributed by atoms with Gasteiger partial charge in [-0.25, -0.2) is 4.98 Å². The van der Waals surface area contributed by atoms with Crippen molar-refractivity contribution >= 4 is 38.8 Å². The van der Waals surface area contributed by atoms with E-state index in [1.807, 2.05) is 31.2 Å². The van der Waals surface area contributed by atoms with Gasteiger partial charge >= 0.3 is 6.36 Å². The van der Waals surface area contributed by atoms with Gasteiger partial charge < -0.3 is 26.4 Å². The summed E-state index contributed by atoms with van der Waals surface area (Å²) in [7, 11) is 0. The molecule has 0 aliphatic carbocycles. The smallest absolute Gasteiger partial charge is 0.491 e. The number of carbonyl (C=O) groups excluding carboxylic acids is 1. The maximum Gasteiger partial charge on any atom is 0.522 e. The lowest BCUT2D eigenvalue weighted by molar-refractivity contribution is -0.341. The van der Waals surface area contributed by atoms with Crippen molar-refractivity contribution in [3.63, 3.8) is 0 Å². The summed E-state index contributed by atoms with van der Waals surface area (Å²) in [5.74, 6) is 0.349. The number of nitrogens with two attached hydrogens (primary N) is 2. The molecule has 8 nitrogen and oxygen atoms in total. The Labute approximate surface area is 203 Å². The van der Waals surface area contributed by atoms with E-state index in [0.29, 0.717) is 28.4 Å². The first-order valence-electron chi connectivity index (χ1n) is 11.0. The Morgan fingerprint density at radius 3 is 2.86 bits per heavy atom. The van der Waals surface area contributed by atoms with Crippen molar-refractivity contribution < 1.29 is 27.4 Å². The molecule has 12 heteroatoms. The fourth-order valence-corrected chi connectivity index (χ4v) is 5.51. The van der Waals surface area contributed by atoms with Crippen molar-refractivity contribution in [1.29, 1.82) is 0 Å². The highest BCUT2D eigenvalue weighted by molar-refractivity contribution is 7.21. The van der Waals surface area contributed by atoms with Gasteiger partial charge in [0.2, 0.25) is 0 Å². The van der Waals surface area contributed by atoms with Gasteiger partial charge in [-0.2, -0.15) is 0 Å². The van der Waals surface area contributed by atoms with Crippen molar-refractivity contribution in [2.45, 2.75) is 37.9 Å². The average molecular weight is 508 g/mol. The zero-order valence-corrected chi connectivity index (χ0v) is 19.6. The van der Waals surface area contributed by atoms with Crippen molar-refractivity contribution in [1.82, 2.24) is 10.3 Å². The minimum absolute atomic E-state index is 0.0309. The number of carbonyl (C=O) groups is 1. The number of amides is 1. The number of aryl methyl sites for hydroxylation is 1. The number of aromatic nitrogens is 1. The highest BCUT2D eigenvalue weighted by Gasteiger charge is 2.41. The van der Waals surface area contributed by atoms with Crippen molar-refractivity contribution in [3.05, 3.63) is 46.5 Å². The molecule has 5 N–H and O–H groups in total. The summed E-state index contributed by atoms with van der Waals surface area (Å²) in [4.78, 5) is 20.2. The minimum atomic E-state index is -4.73. The van der Waals surface area contributed by atoms with Gasteiger partial charge in [-0.05, 0) is 37.1 Å². The normalized spacial score (nSPS) is 22.2. The lowest BCUT2D eigenvalue weighted by atomic mass is 10.0. The van der Waals surface area contributed by atoms with Gasteiger partial charge in [0.25, 0.3) is 5.91 Å². The van der Waals surface area contributed by atoms with Crippen molar-refractivity contribution in [2.24, 2.45) is 5.73 Å². The first-order chi connectivity index (χ1) is 16.6. The number of anilines is 2. The van der Waals surface area contributed by atoms with Crippen LogP contribution in [0.3, 0.4) is 0 Å². The molecule has 0 radical (unpaired) electrons. The Morgan fingerprint density at radius 1 is 1.29 bits per heavy atom. The maximum atomic E-state index is 12.9. The molecule has 0 bridgehead atoms. The molecule has 0 unspecified atom stereocenters. The number of hydrogen-bond donors (Lipinski definition) is 3. The lowest BCUT2D eigenvalue weighted by Gasteiger charge is -2.28. The summed E-state index contributed by atoms with van der Waals surface area (Å²) < 4.78 is 47.9. The van der Waals surface area contributed by atoms with Crippen molar-refractivity contribution in [3.8, 4) is 5.75 Å². The standard InChI is InChI=1S/C23H24F3N5O3S/c1-11-2-5-15-19(28)20(35-22(15)29-11)21(32)30-13-6-12-3-4-14(7-17(12)33-10-13)31-8-16(27)18(9-31)34-23(24,25)26/h2-5,7,13,16,18H,6,8-10,27-28H2,1H3,(H,30,32)/t13-,16-,18-/m1/s1. The predicted molar refractivity (Wildman–Crippen MR) is 127 cm³/mol. The van der Waals surface area contributed by atoms with Crippen LogP contribution in [0.25, 0.3) is 10.2 Å². The average Bonchev–Trinajstić information content (AvgIpc) is 3.31. The molecule has 2 aliphatic rings. The monoisotopic (exact) mass is 507 g/mol. The first kappa shape index (κ1) is 23.6.